The van der Waals surface area contributed by atoms with Gasteiger partial charge in [0.05, 0.1) is 16.8 Å². The molecule has 1 N–H and O–H groups in total. The van der Waals surface area contributed by atoms with Gasteiger partial charge in [0.15, 0.2) is 0 Å². The van der Waals surface area contributed by atoms with E-state index in [0.29, 0.717) is 6.32 Å². The van der Waals surface area contributed by atoms with Gasteiger partial charge in [-0.15, -0.1) is 11.0 Å². The standard InChI is InChI=1S/C18H27BO3S/c1-18(2,3)23(21)19(13-15-9-5-4-6-10-15)16(14-20)17-11-7-8-12-22-17/h4-6,8-10,12,16-17,20H,7,11,13-14H2,1-3H3/t16-,17-,23?/m0/s1. The molecule has 5 heteroatoms. The Bertz CT molecular complexity index is 501. The second-order valence-electron chi connectivity index (χ2n) is 7.11. The quantitative estimate of drug-likeness (QED) is 0.641. The van der Waals surface area contributed by atoms with E-state index >= 15 is 0 Å². The maximum atomic E-state index is 13.1. The Kier molecular flexibility index (Phi) is 6.63. The topological polar surface area (TPSA) is 52.5 Å². The zero-order valence-corrected chi connectivity index (χ0v) is 15.1. The molecule has 2 rings (SSSR count). The van der Waals surface area contributed by atoms with E-state index in [2.05, 4.69) is 12.1 Å². The molecule has 3 atom stereocenters. The number of benzene rings is 1. The van der Waals surface area contributed by atoms with Gasteiger partial charge in [-0.05, 0) is 39.7 Å². The highest BCUT2D eigenvalue weighted by Crippen LogP contribution is 2.33. The third-order valence-electron chi connectivity index (χ3n) is 4.29. The molecule has 0 aliphatic carbocycles. The fourth-order valence-electron chi connectivity index (χ4n) is 3.03. The van der Waals surface area contributed by atoms with Crippen molar-refractivity contribution in [2.24, 2.45) is 0 Å². The van der Waals surface area contributed by atoms with Gasteiger partial charge < -0.3 is 14.4 Å². The van der Waals surface area contributed by atoms with Crippen LogP contribution in [0.2, 0.25) is 5.82 Å². The molecular formula is C18H27BO3S. The van der Waals surface area contributed by atoms with Gasteiger partial charge >= 0.3 is 5.99 Å². The summed E-state index contributed by atoms with van der Waals surface area (Å²) >= 11 is -1.07. The molecule has 0 aromatic heterocycles. The number of aliphatic hydroxyl groups is 1. The van der Waals surface area contributed by atoms with Gasteiger partial charge in [0.1, 0.15) is 6.10 Å². The minimum absolute atomic E-state index is 0.00216. The highest BCUT2D eigenvalue weighted by molar-refractivity contribution is 8.19. The molecule has 1 aromatic carbocycles. The molecule has 1 unspecified atom stereocenters. The van der Waals surface area contributed by atoms with Gasteiger partial charge in [-0.3, -0.25) is 0 Å². The van der Waals surface area contributed by atoms with Crippen molar-refractivity contribution in [3.05, 3.63) is 48.2 Å². The molecule has 1 aliphatic heterocycles. The van der Waals surface area contributed by atoms with E-state index in [9.17, 15) is 9.66 Å². The van der Waals surface area contributed by atoms with Crippen molar-refractivity contribution in [2.75, 3.05) is 6.61 Å². The third-order valence-corrected chi connectivity index (χ3v) is 6.56. The molecule has 0 amide bonds. The molecule has 1 aliphatic rings. The van der Waals surface area contributed by atoms with Crippen molar-refractivity contribution in [1.82, 2.24) is 0 Å². The molecule has 0 saturated heterocycles. The first kappa shape index (κ1) is 18.4. The molecule has 3 nitrogen and oxygen atoms in total. The van der Waals surface area contributed by atoms with Crippen molar-refractivity contribution < 1.29 is 14.4 Å². The third kappa shape index (κ3) is 5.03. The summed E-state index contributed by atoms with van der Waals surface area (Å²) in [4.78, 5) is 0. The predicted molar refractivity (Wildman–Crippen MR) is 97.9 cm³/mol. The number of hydrogen-bond donors (Lipinski definition) is 1. The minimum atomic E-state index is -1.07. The molecular weight excluding hydrogens is 307 g/mol. The van der Waals surface area contributed by atoms with E-state index in [1.165, 1.54) is 0 Å². The normalized spacial score (nSPS) is 20.7. The SMILES string of the molecule is CC(C)(C)[S+]([O-])B(Cc1ccccc1)[C@@H](CO)[C@@H]1CCC=CO1. The lowest BCUT2D eigenvalue weighted by Crippen LogP contribution is -2.49. The van der Waals surface area contributed by atoms with Crippen LogP contribution >= 0.6 is 0 Å². The number of aliphatic hydroxyl groups excluding tert-OH is 1. The van der Waals surface area contributed by atoms with Crippen LogP contribution < -0.4 is 0 Å². The summed E-state index contributed by atoms with van der Waals surface area (Å²) in [5.74, 6) is -0.251. The molecule has 1 heterocycles. The van der Waals surface area contributed by atoms with Gasteiger partial charge in [-0.25, -0.2) is 0 Å². The molecule has 0 radical (unpaired) electrons. The maximum Gasteiger partial charge on any atom is 0.424 e. The van der Waals surface area contributed by atoms with Crippen LogP contribution in [0.25, 0.3) is 0 Å². The fraction of sp³-hybridized carbons (Fsp3) is 0.556. The summed E-state index contributed by atoms with van der Waals surface area (Å²) in [6.07, 6.45) is 6.16. The molecule has 126 valence electrons. The lowest BCUT2D eigenvalue weighted by molar-refractivity contribution is 0.0937. The van der Waals surface area contributed by atoms with Crippen molar-refractivity contribution in [3.8, 4) is 0 Å². The van der Waals surface area contributed by atoms with Crippen LogP contribution in [0.15, 0.2) is 42.7 Å². The van der Waals surface area contributed by atoms with Crippen LogP contribution in [0.5, 0.6) is 0 Å². The van der Waals surface area contributed by atoms with Crippen molar-refractivity contribution in [3.63, 3.8) is 0 Å². The second kappa shape index (κ2) is 8.27. The summed E-state index contributed by atoms with van der Waals surface area (Å²) in [5, 5.41) is 10.0. The van der Waals surface area contributed by atoms with E-state index in [4.69, 9.17) is 4.74 Å². The van der Waals surface area contributed by atoms with Crippen LogP contribution in [0.4, 0.5) is 0 Å². The largest absolute Gasteiger partial charge is 0.634 e. The molecule has 23 heavy (non-hydrogen) atoms. The monoisotopic (exact) mass is 334 g/mol. The van der Waals surface area contributed by atoms with Crippen molar-refractivity contribution in [2.45, 2.75) is 56.6 Å². The highest BCUT2D eigenvalue weighted by atomic mass is 32.2. The Hall–Kier alpha value is -0.905. The molecule has 0 saturated carbocycles. The zero-order chi connectivity index (χ0) is 16.9. The van der Waals surface area contributed by atoms with Crippen molar-refractivity contribution in [1.29, 1.82) is 0 Å². The zero-order valence-electron chi connectivity index (χ0n) is 14.3. The Balaban J connectivity index is 2.25. The Labute approximate surface area is 143 Å². The predicted octanol–water partition coefficient (Wildman–Crippen LogP) is 3.36. The molecule has 1 aromatic rings. The van der Waals surface area contributed by atoms with E-state index in [1.807, 2.05) is 45.0 Å². The van der Waals surface area contributed by atoms with E-state index in [-0.39, 0.29) is 29.3 Å². The van der Waals surface area contributed by atoms with Gasteiger partial charge in [0.2, 0.25) is 0 Å². The average molecular weight is 334 g/mol. The Morgan fingerprint density at radius 1 is 1.35 bits per heavy atom. The molecule has 0 fully saturated rings. The smallest absolute Gasteiger partial charge is 0.424 e. The van der Waals surface area contributed by atoms with Gasteiger partial charge in [-0.1, -0.05) is 35.9 Å². The van der Waals surface area contributed by atoms with E-state index < -0.39 is 11.0 Å². The van der Waals surface area contributed by atoms with Crippen LogP contribution in [0.3, 0.4) is 0 Å². The summed E-state index contributed by atoms with van der Waals surface area (Å²) in [7, 11) is 0. The first-order valence-corrected chi connectivity index (χ1v) is 9.50. The van der Waals surface area contributed by atoms with Crippen LogP contribution in [-0.4, -0.2) is 33.1 Å². The first-order chi connectivity index (χ1) is 10.9. The second-order valence-corrected chi connectivity index (χ2v) is 9.53. The first-order valence-electron chi connectivity index (χ1n) is 8.29. The van der Waals surface area contributed by atoms with Crippen molar-refractivity contribution >= 4 is 17.0 Å². The number of hydrogen-bond acceptors (Lipinski definition) is 3. The van der Waals surface area contributed by atoms with Gasteiger partial charge in [0.25, 0.3) is 0 Å². The molecule has 0 bridgehead atoms. The Morgan fingerprint density at radius 2 is 2.04 bits per heavy atom. The highest BCUT2D eigenvalue weighted by Gasteiger charge is 2.48. The minimum Gasteiger partial charge on any atom is -0.634 e. The fourth-order valence-corrected chi connectivity index (χ4v) is 4.86. The average Bonchev–Trinajstić information content (AvgIpc) is 2.55. The summed E-state index contributed by atoms with van der Waals surface area (Å²) in [6.45, 7) is 5.99. The summed E-state index contributed by atoms with van der Waals surface area (Å²) in [6, 6.07) is 10.1. The van der Waals surface area contributed by atoms with E-state index in [0.717, 1.165) is 18.4 Å². The number of rotatable bonds is 6. The lowest BCUT2D eigenvalue weighted by Gasteiger charge is -2.36. The Morgan fingerprint density at radius 3 is 2.57 bits per heavy atom. The van der Waals surface area contributed by atoms with E-state index in [1.54, 1.807) is 6.26 Å². The van der Waals surface area contributed by atoms with Crippen LogP contribution in [-0.2, 0) is 22.1 Å². The van der Waals surface area contributed by atoms with Crippen LogP contribution in [0.1, 0.15) is 39.2 Å². The summed E-state index contributed by atoms with van der Waals surface area (Å²) < 4.78 is 18.6. The number of allylic oxidation sites excluding steroid dienone is 1. The summed E-state index contributed by atoms with van der Waals surface area (Å²) in [5.41, 5.74) is 1.15. The van der Waals surface area contributed by atoms with Gasteiger partial charge in [-0.2, -0.15) is 0 Å². The lowest BCUT2D eigenvalue weighted by atomic mass is 9.56. The molecule has 0 spiro atoms. The number of ether oxygens (including phenoxy) is 1. The van der Waals surface area contributed by atoms with Gasteiger partial charge in [0, 0.05) is 12.9 Å². The van der Waals surface area contributed by atoms with Crippen LogP contribution in [0, 0.1) is 0 Å². The maximum absolute atomic E-state index is 13.1.